The number of thiophene rings is 1. The molecule has 2 aromatic heterocycles. The molecule has 0 saturated carbocycles. The summed E-state index contributed by atoms with van der Waals surface area (Å²) in [5.74, 6) is -1.98. The Morgan fingerprint density at radius 3 is 2.49 bits per heavy atom. The Morgan fingerprint density at radius 1 is 1.14 bits per heavy atom. The molecule has 3 aromatic rings. The number of hydrogen-bond acceptors (Lipinski definition) is 9. The molecule has 0 saturated heterocycles. The molecule has 1 aromatic carbocycles. The van der Waals surface area contributed by atoms with Gasteiger partial charge in [0.2, 0.25) is 5.95 Å². The van der Waals surface area contributed by atoms with Crippen molar-refractivity contribution in [3.8, 4) is 0 Å². The molecule has 0 aliphatic rings. The number of anilines is 2. The second kappa shape index (κ2) is 12.6. The summed E-state index contributed by atoms with van der Waals surface area (Å²) in [7, 11) is 0. The van der Waals surface area contributed by atoms with Gasteiger partial charge in [0.1, 0.15) is 6.04 Å². The molecule has 7 N–H and O–H groups in total. The van der Waals surface area contributed by atoms with E-state index in [4.69, 9.17) is 11.1 Å². The number of aromatic nitrogens is 2. The second-order valence-electron chi connectivity index (χ2n) is 8.24. The van der Waals surface area contributed by atoms with E-state index in [1.54, 1.807) is 37.4 Å². The largest absolute Gasteiger partial charge is 0.480 e. The molecule has 3 rings (SSSR count). The summed E-state index contributed by atoms with van der Waals surface area (Å²) in [6.45, 7) is 3.57. The molecule has 194 valence electrons. The first-order valence-electron chi connectivity index (χ1n) is 11.5. The van der Waals surface area contributed by atoms with Gasteiger partial charge in [0.15, 0.2) is 0 Å². The number of amides is 2. The number of carbonyl (C=O) groups excluding carboxylic acids is 2. The molecular formula is C25H29N7O4S. The predicted molar refractivity (Wildman–Crippen MR) is 143 cm³/mol. The number of aryl methyl sites for hydroxylation is 3. The van der Waals surface area contributed by atoms with Crippen LogP contribution in [0.1, 0.15) is 49.0 Å². The van der Waals surface area contributed by atoms with E-state index >= 15 is 0 Å². The number of hydrogen-bond donors (Lipinski definition) is 6. The standard InChI is InChI=1S/C25H29N7O4S/c1-14-21(23(34)32-19(24(35)36)13-29-22(33)20-9-5-11-37-20)15(2)31-25(30-14)28-10-4-7-16-6-3-8-18(27)17(16)12-26/h3,5-6,8-9,11-12,19,26H,4,7,10,13,27H2,1-2H3,(H,29,33)(H,32,34)(H,35,36)(H,28,30,31)/t19-/m0/s1. The van der Waals surface area contributed by atoms with Crippen LogP contribution in [-0.4, -0.2) is 58.2 Å². The molecule has 11 nitrogen and oxygen atoms in total. The van der Waals surface area contributed by atoms with Crippen LogP contribution in [0.15, 0.2) is 35.7 Å². The zero-order chi connectivity index (χ0) is 26.9. The van der Waals surface area contributed by atoms with Gasteiger partial charge in [-0.05, 0) is 49.8 Å². The summed E-state index contributed by atoms with van der Waals surface area (Å²) in [5, 5.41) is 26.9. The number of carbonyl (C=O) groups is 3. The summed E-state index contributed by atoms with van der Waals surface area (Å²) < 4.78 is 0. The van der Waals surface area contributed by atoms with Gasteiger partial charge in [-0.3, -0.25) is 9.59 Å². The first-order chi connectivity index (χ1) is 17.7. The molecule has 1 atom stereocenters. The third-order valence-electron chi connectivity index (χ3n) is 5.59. The van der Waals surface area contributed by atoms with Crippen molar-refractivity contribution in [1.29, 1.82) is 5.41 Å². The summed E-state index contributed by atoms with van der Waals surface area (Å²) in [6, 6.07) is 7.57. The van der Waals surface area contributed by atoms with Crippen LogP contribution in [0.2, 0.25) is 0 Å². The second-order valence-corrected chi connectivity index (χ2v) is 9.19. The lowest BCUT2D eigenvalue weighted by Gasteiger charge is -2.17. The van der Waals surface area contributed by atoms with Crippen molar-refractivity contribution >= 4 is 47.0 Å². The van der Waals surface area contributed by atoms with Gasteiger partial charge in [-0.25, -0.2) is 14.8 Å². The lowest BCUT2D eigenvalue weighted by Crippen LogP contribution is -2.48. The maximum absolute atomic E-state index is 12.9. The average Bonchev–Trinajstić information content (AvgIpc) is 3.39. The van der Waals surface area contributed by atoms with Gasteiger partial charge in [0, 0.05) is 30.6 Å². The van der Waals surface area contributed by atoms with Crippen LogP contribution in [0.25, 0.3) is 0 Å². The SMILES string of the molecule is Cc1nc(NCCCc2cccc(N)c2C=N)nc(C)c1C(=O)N[C@@H](CNC(=O)c1cccs1)C(=O)O. The summed E-state index contributed by atoms with van der Waals surface area (Å²) in [6.07, 6.45) is 2.70. The fraction of sp³-hybridized carbons (Fsp3) is 0.280. The number of rotatable bonds is 12. The zero-order valence-corrected chi connectivity index (χ0v) is 21.3. The molecule has 37 heavy (non-hydrogen) atoms. The van der Waals surface area contributed by atoms with Gasteiger partial charge in [-0.15, -0.1) is 11.3 Å². The van der Waals surface area contributed by atoms with Crippen LogP contribution in [0, 0.1) is 19.3 Å². The van der Waals surface area contributed by atoms with Crippen molar-refractivity contribution in [3.05, 3.63) is 68.7 Å². The Morgan fingerprint density at radius 2 is 1.86 bits per heavy atom. The lowest BCUT2D eigenvalue weighted by atomic mass is 10.0. The van der Waals surface area contributed by atoms with Crippen LogP contribution in [0.4, 0.5) is 11.6 Å². The van der Waals surface area contributed by atoms with Gasteiger partial charge in [-0.1, -0.05) is 18.2 Å². The third kappa shape index (κ3) is 7.10. The number of benzene rings is 1. The highest BCUT2D eigenvalue weighted by molar-refractivity contribution is 7.12. The first-order valence-corrected chi connectivity index (χ1v) is 12.4. The van der Waals surface area contributed by atoms with Crippen molar-refractivity contribution < 1.29 is 19.5 Å². The Labute approximate surface area is 218 Å². The van der Waals surface area contributed by atoms with E-state index in [2.05, 4.69) is 25.9 Å². The Kier molecular flexibility index (Phi) is 9.27. The quantitative estimate of drug-likeness (QED) is 0.119. The monoisotopic (exact) mass is 523 g/mol. The van der Waals surface area contributed by atoms with Gasteiger partial charge in [-0.2, -0.15) is 0 Å². The van der Waals surface area contributed by atoms with E-state index in [1.165, 1.54) is 17.6 Å². The molecule has 2 amide bonds. The van der Waals surface area contributed by atoms with E-state index in [9.17, 15) is 19.5 Å². The fourth-order valence-corrected chi connectivity index (χ4v) is 4.39. The molecule has 0 bridgehead atoms. The highest BCUT2D eigenvalue weighted by Crippen LogP contribution is 2.17. The third-order valence-corrected chi connectivity index (χ3v) is 6.46. The number of nitrogen functional groups attached to an aromatic ring is 1. The van der Waals surface area contributed by atoms with Crippen LogP contribution in [0.3, 0.4) is 0 Å². The maximum atomic E-state index is 12.9. The summed E-state index contributed by atoms with van der Waals surface area (Å²) in [5.41, 5.74) is 9.15. The molecule has 0 spiro atoms. The van der Waals surface area contributed by atoms with Gasteiger partial charge >= 0.3 is 5.97 Å². The molecule has 0 unspecified atom stereocenters. The Balaban J connectivity index is 1.58. The number of aliphatic carboxylic acids is 1. The number of nitrogens with zero attached hydrogens (tertiary/aromatic N) is 2. The van der Waals surface area contributed by atoms with Crippen LogP contribution >= 0.6 is 11.3 Å². The first kappa shape index (κ1) is 27.3. The maximum Gasteiger partial charge on any atom is 0.328 e. The Bertz CT molecular complexity index is 1270. The van der Waals surface area contributed by atoms with Crippen LogP contribution < -0.4 is 21.7 Å². The van der Waals surface area contributed by atoms with E-state index in [0.717, 1.165) is 12.0 Å². The van der Waals surface area contributed by atoms with Gasteiger partial charge in [0.05, 0.1) is 21.8 Å². The van der Waals surface area contributed by atoms with Crippen LogP contribution in [0.5, 0.6) is 0 Å². The Hall–Kier alpha value is -4.32. The lowest BCUT2D eigenvalue weighted by molar-refractivity contribution is -0.139. The van der Waals surface area contributed by atoms with Gasteiger partial charge < -0.3 is 32.2 Å². The van der Waals surface area contributed by atoms with E-state index < -0.39 is 23.8 Å². The van der Waals surface area contributed by atoms with Crippen molar-refractivity contribution in [2.75, 3.05) is 24.1 Å². The molecule has 2 heterocycles. The van der Waals surface area contributed by atoms with E-state index in [1.807, 2.05) is 12.1 Å². The number of carboxylic acid groups (broad SMARTS) is 1. The minimum atomic E-state index is -1.33. The highest BCUT2D eigenvalue weighted by Gasteiger charge is 2.24. The van der Waals surface area contributed by atoms with Crippen molar-refractivity contribution in [3.63, 3.8) is 0 Å². The van der Waals surface area contributed by atoms with Crippen molar-refractivity contribution in [2.45, 2.75) is 32.7 Å². The topological polar surface area (TPSA) is 183 Å². The molecule has 0 fully saturated rings. The van der Waals surface area contributed by atoms with E-state index in [-0.39, 0.29) is 12.1 Å². The number of carboxylic acids is 1. The molecule has 12 heteroatoms. The minimum absolute atomic E-state index is 0.178. The smallest absolute Gasteiger partial charge is 0.328 e. The number of nitrogens with two attached hydrogens (primary N) is 1. The normalized spacial score (nSPS) is 11.4. The molecular weight excluding hydrogens is 494 g/mol. The summed E-state index contributed by atoms with van der Waals surface area (Å²) in [4.78, 5) is 45.8. The molecule has 0 radical (unpaired) electrons. The van der Waals surface area contributed by atoms with E-state index in [0.29, 0.717) is 46.4 Å². The van der Waals surface area contributed by atoms with Crippen LogP contribution in [-0.2, 0) is 11.2 Å². The van der Waals surface area contributed by atoms with Crippen molar-refractivity contribution in [2.24, 2.45) is 0 Å². The van der Waals surface area contributed by atoms with Crippen molar-refractivity contribution in [1.82, 2.24) is 20.6 Å². The zero-order valence-electron chi connectivity index (χ0n) is 20.5. The highest BCUT2D eigenvalue weighted by atomic mass is 32.1. The number of nitrogens with one attached hydrogen (secondary N) is 4. The average molecular weight is 524 g/mol. The fourth-order valence-electron chi connectivity index (χ4n) is 3.75. The summed E-state index contributed by atoms with van der Waals surface area (Å²) >= 11 is 1.23. The molecule has 0 aliphatic carbocycles. The predicted octanol–water partition coefficient (Wildman–Crippen LogP) is 2.39. The van der Waals surface area contributed by atoms with Gasteiger partial charge in [0.25, 0.3) is 11.8 Å². The molecule has 0 aliphatic heterocycles. The minimum Gasteiger partial charge on any atom is -0.480 e.